The van der Waals surface area contributed by atoms with E-state index in [2.05, 4.69) is 25.7 Å². The lowest BCUT2D eigenvalue weighted by Crippen LogP contribution is -2.41. The van der Waals surface area contributed by atoms with Crippen molar-refractivity contribution in [2.24, 2.45) is 0 Å². The van der Waals surface area contributed by atoms with Gasteiger partial charge in [0.05, 0.1) is 7.11 Å². The van der Waals surface area contributed by atoms with Crippen LogP contribution in [0.15, 0.2) is 22.8 Å². The Labute approximate surface area is 114 Å². The van der Waals surface area contributed by atoms with Gasteiger partial charge in [-0.15, -0.1) is 0 Å². The number of hydrogen-bond acceptors (Lipinski definition) is 4. The molecule has 0 N–H and O–H groups in total. The summed E-state index contributed by atoms with van der Waals surface area (Å²) in [6.45, 7) is 3.57. The first-order valence-corrected chi connectivity index (χ1v) is 6.25. The zero-order valence-corrected chi connectivity index (χ0v) is 12.1. The quantitative estimate of drug-likeness (QED) is 0.796. The van der Waals surface area contributed by atoms with Gasteiger partial charge in [0.1, 0.15) is 12.2 Å². The standard InChI is InChI=1S/C12H15BrN2O3/c1-8(2)15(7-10(16)18-3)12(17)11-9(13)5-4-6-14-11/h4-6,8H,7H2,1-3H3. The Kier molecular flexibility index (Phi) is 5.27. The fraction of sp³-hybridized carbons (Fsp3) is 0.417. The van der Waals surface area contributed by atoms with Crippen LogP contribution in [0.2, 0.25) is 0 Å². The second-order valence-electron chi connectivity index (χ2n) is 3.94. The molecule has 1 aromatic heterocycles. The predicted octanol–water partition coefficient (Wildman–Crippen LogP) is 1.87. The number of nitrogens with zero attached hydrogens (tertiary/aromatic N) is 2. The molecule has 18 heavy (non-hydrogen) atoms. The Morgan fingerprint density at radius 3 is 2.67 bits per heavy atom. The highest BCUT2D eigenvalue weighted by molar-refractivity contribution is 9.10. The summed E-state index contributed by atoms with van der Waals surface area (Å²) in [6, 6.07) is 3.34. The minimum atomic E-state index is -0.455. The maximum atomic E-state index is 12.3. The Balaban J connectivity index is 2.97. The first kappa shape index (κ1) is 14.6. The number of amides is 1. The molecule has 0 aliphatic carbocycles. The third-order valence-electron chi connectivity index (χ3n) is 2.37. The molecular formula is C12H15BrN2O3. The summed E-state index contributed by atoms with van der Waals surface area (Å²) < 4.78 is 5.18. The predicted molar refractivity (Wildman–Crippen MR) is 70.1 cm³/mol. The lowest BCUT2D eigenvalue weighted by molar-refractivity contribution is -0.141. The van der Waals surface area contributed by atoms with Crippen molar-refractivity contribution in [2.75, 3.05) is 13.7 Å². The molecule has 0 fully saturated rings. The number of pyridine rings is 1. The fourth-order valence-electron chi connectivity index (χ4n) is 1.37. The van der Waals surface area contributed by atoms with Crippen LogP contribution in [0.1, 0.15) is 24.3 Å². The average molecular weight is 315 g/mol. The number of ether oxygens (including phenoxy) is 1. The topological polar surface area (TPSA) is 59.5 Å². The lowest BCUT2D eigenvalue weighted by atomic mass is 10.2. The van der Waals surface area contributed by atoms with Crippen molar-refractivity contribution in [3.63, 3.8) is 0 Å². The molecule has 0 aliphatic rings. The number of methoxy groups -OCH3 is 1. The van der Waals surface area contributed by atoms with Gasteiger partial charge in [0.15, 0.2) is 0 Å². The van der Waals surface area contributed by atoms with Crippen LogP contribution in [0.3, 0.4) is 0 Å². The number of hydrogen-bond donors (Lipinski definition) is 0. The van der Waals surface area contributed by atoms with E-state index in [1.807, 2.05) is 13.8 Å². The van der Waals surface area contributed by atoms with E-state index in [1.54, 1.807) is 12.1 Å². The van der Waals surface area contributed by atoms with Gasteiger partial charge in [0.25, 0.3) is 5.91 Å². The highest BCUT2D eigenvalue weighted by Gasteiger charge is 2.24. The average Bonchev–Trinajstić information content (AvgIpc) is 2.35. The smallest absolute Gasteiger partial charge is 0.325 e. The summed E-state index contributed by atoms with van der Waals surface area (Å²) in [5.41, 5.74) is 0.287. The number of halogens is 1. The number of carbonyl (C=O) groups excluding carboxylic acids is 2. The fourth-order valence-corrected chi connectivity index (χ4v) is 1.80. The van der Waals surface area contributed by atoms with E-state index in [0.717, 1.165) is 0 Å². The Morgan fingerprint density at radius 1 is 1.50 bits per heavy atom. The summed E-state index contributed by atoms with van der Waals surface area (Å²) in [5.74, 6) is -0.757. The van der Waals surface area contributed by atoms with Crippen LogP contribution in [0.5, 0.6) is 0 Å². The normalized spacial score (nSPS) is 10.3. The van der Waals surface area contributed by atoms with Crippen molar-refractivity contribution in [1.29, 1.82) is 0 Å². The SMILES string of the molecule is COC(=O)CN(C(=O)c1ncccc1Br)C(C)C. The third-order valence-corrected chi connectivity index (χ3v) is 3.01. The molecular weight excluding hydrogens is 300 g/mol. The summed E-state index contributed by atoms with van der Waals surface area (Å²) >= 11 is 3.27. The number of esters is 1. The first-order valence-electron chi connectivity index (χ1n) is 5.45. The van der Waals surface area contributed by atoms with Gasteiger partial charge in [-0.25, -0.2) is 4.98 Å². The van der Waals surface area contributed by atoms with Crippen LogP contribution < -0.4 is 0 Å². The van der Waals surface area contributed by atoms with E-state index in [1.165, 1.54) is 18.2 Å². The maximum absolute atomic E-state index is 12.3. The van der Waals surface area contributed by atoms with Crippen molar-refractivity contribution >= 4 is 27.8 Å². The zero-order chi connectivity index (χ0) is 13.7. The second kappa shape index (κ2) is 6.49. The van der Waals surface area contributed by atoms with Crippen molar-refractivity contribution in [3.05, 3.63) is 28.5 Å². The summed E-state index contributed by atoms with van der Waals surface area (Å²) in [7, 11) is 1.29. The third kappa shape index (κ3) is 3.53. The monoisotopic (exact) mass is 314 g/mol. The van der Waals surface area contributed by atoms with Crippen LogP contribution in [0, 0.1) is 0 Å². The van der Waals surface area contributed by atoms with Gasteiger partial charge in [-0.05, 0) is 41.9 Å². The number of rotatable bonds is 4. The van der Waals surface area contributed by atoms with E-state index < -0.39 is 5.97 Å². The molecule has 0 saturated carbocycles. The molecule has 1 heterocycles. The molecule has 5 nitrogen and oxygen atoms in total. The largest absolute Gasteiger partial charge is 0.468 e. The van der Waals surface area contributed by atoms with Gasteiger partial charge in [-0.2, -0.15) is 0 Å². The van der Waals surface area contributed by atoms with Crippen molar-refractivity contribution in [1.82, 2.24) is 9.88 Å². The van der Waals surface area contributed by atoms with E-state index in [9.17, 15) is 9.59 Å². The molecule has 1 rings (SSSR count). The van der Waals surface area contributed by atoms with Gasteiger partial charge >= 0.3 is 5.97 Å². The lowest BCUT2D eigenvalue weighted by Gasteiger charge is -2.25. The number of carbonyl (C=O) groups is 2. The van der Waals surface area contributed by atoms with Gasteiger partial charge in [0, 0.05) is 16.7 Å². The van der Waals surface area contributed by atoms with E-state index in [0.29, 0.717) is 4.47 Å². The highest BCUT2D eigenvalue weighted by atomic mass is 79.9. The molecule has 0 bridgehead atoms. The molecule has 0 atom stereocenters. The summed E-state index contributed by atoms with van der Waals surface area (Å²) in [4.78, 5) is 29.0. The molecule has 1 amide bonds. The molecule has 0 spiro atoms. The number of aromatic nitrogens is 1. The van der Waals surface area contributed by atoms with Gasteiger partial charge < -0.3 is 9.64 Å². The summed E-state index contributed by atoms with van der Waals surface area (Å²) in [5, 5.41) is 0. The minimum absolute atomic E-state index is 0.0873. The van der Waals surface area contributed by atoms with Crippen molar-refractivity contribution in [3.8, 4) is 0 Å². The minimum Gasteiger partial charge on any atom is -0.468 e. The molecule has 0 saturated heterocycles. The van der Waals surface area contributed by atoms with Gasteiger partial charge in [0.2, 0.25) is 0 Å². The van der Waals surface area contributed by atoms with Crippen LogP contribution in [0.4, 0.5) is 0 Å². The zero-order valence-electron chi connectivity index (χ0n) is 10.5. The van der Waals surface area contributed by atoms with E-state index in [-0.39, 0.29) is 24.2 Å². The first-order chi connectivity index (χ1) is 8.47. The second-order valence-corrected chi connectivity index (χ2v) is 4.79. The molecule has 0 radical (unpaired) electrons. The van der Waals surface area contributed by atoms with Crippen LogP contribution in [-0.2, 0) is 9.53 Å². The summed E-state index contributed by atoms with van der Waals surface area (Å²) in [6.07, 6.45) is 1.54. The van der Waals surface area contributed by atoms with Crippen molar-refractivity contribution < 1.29 is 14.3 Å². The molecule has 6 heteroatoms. The van der Waals surface area contributed by atoms with Gasteiger partial charge in [-0.1, -0.05) is 0 Å². The maximum Gasteiger partial charge on any atom is 0.325 e. The molecule has 98 valence electrons. The van der Waals surface area contributed by atoms with Crippen LogP contribution in [-0.4, -0.2) is 41.5 Å². The van der Waals surface area contributed by atoms with E-state index in [4.69, 9.17) is 0 Å². The Morgan fingerprint density at radius 2 is 2.17 bits per heavy atom. The molecule has 0 aliphatic heterocycles. The van der Waals surface area contributed by atoms with Gasteiger partial charge in [-0.3, -0.25) is 9.59 Å². The molecule has 0 aromatic carbocycles. The van der Waals surface area contributed by atoms with E-state index >= 15 is 0 Å². The highest BCUT2D eigenvalue weighted by Crippen LogP contribution is 2.16. The van der Waals surface area contributed by atoms with Crippen LogP contribution >= 0.6 is 15.9 Å². The molecule has 0 unspecified atom stereocenters. The Bertz CT molecular complexity index is 449. The van der Waals surface area contributed by atoms with Crippen LogP contribution in [0.25, 0.3) is 0 Å². The Hall–Kier alpha value is -1.43. The molecule has 1 aromatic rings. The van der Waals surface area contributed by atoms with Crippen molar-refractivity contribution in [2.45, 2.75) is 19.9 Å².